The molecular formula is C14H18N4O. The SMILES string of the molecule is CNC(=O)Cc1ccccc1NCc1ccnn1C. The summed E-state index contributed by atoms with van der Waals surface area (Å²) in [5, 5.41) is 10.1. The standard InChI is InChI=1S/C14H18N4O/c1-15-14(19)9-11-5-3-4-6-13(11)16-10-12-7-8-17-18(12)2/h3-8,16H,9-10H2,1-2H3,(H,15,19). The molecule has 0 fully saturated rings. The van der Waals surface area contributed by atoms with Crippen LogP contribution in [-0.2, 0) is 24.8 Å². The van der Waals surface area contributed by atoms with E-state index >= 15 is 0 Å². The first-order valence-electron chi connectivity index (χ1n) is 6.20. The van der Waals surface area contributed by atoms with Crippen molar-refractivity contribution in [2.45, 2.75) is 13.0 Å². The summed E-state index contributed by atoms with van der Waals surface area (Å²) in [6, 6.07) is 9.80. The molecule has 1 heterocycles. The Morgan fingerprint density at radius 1 is 1.32 bits per heavy atom. The van der Waals surface area contributed by atoms with E-state index in [1.54, 1.807) is 13.2 Å². The third-order valence-electron chi connectivity index (χ3n) is 3.03. The van der Waals surface area contributed by atoms with Gasteiger partial charge in [-0.15, -0.1) is 0 Å². The maximum absolute atomic E-state index is 11.5. The molecule has 0 spiro atoms. The van der Waals surface area contributed by atoms with E-state index in [1.807, 2.05) is 42.1 Å². The molecule has 19 heavy (non-hydrogen) atoms. The molecule has 0 radical (unpaired) electrons. The zero-order valence-corrected chi connectivity index (χ0v) is 11.2. The van der Waals surface area contributed by atoms with Gasteiger partial charge in [0.05, 0.1) is 18.7 Å². The normalized spacial score (nSPS) is 10.2. The Morgan fingerprint density at radius 3 is 2.79 bits per heavy atom. The highest BCUT2D eigenvalue weighted by atomic mass is 16.1. The van der Waals surface area contributed by atoms with E-state index in [1.165, 1.54) is 0 Å². The van der Waals surface area contributed by atoms with Crippen LogP contribution >= 0.6 is 0 Å². The number of amides is 1. The first-order chi connectivity index (χ1) is 9.20. The van der Waals surface area contributed by atoms with Crippen LogP contribution in [0.3, 0.4) is 0 Å². The summed E-state index contributed by atoms with van der Waals surface area (Å²) in [5.74, 6) is 0.00906. The molecule has 1 aromatic heterocycles. The lowest BCUT2D eigenvalue weighted by atomic mass is 10.1. The van der Waals surface area contributed by atoms with E-state index in [4.69, 9.17) is 0 Å². The molecular weight excluding hydrogens is 240 g/mol. The Morgan fingerprint density at radius 2 is 2.11 bits per heavy atom. The minimum absolute atomic E-state index is 0.00906. The van der Waals surface area contributed by atoms with Crippen molar-refractivity contribution in [3.8, 4) is 0 Å². The smallest absolute Gasteiger partial charge is 0.224 e. The minimum Gasteiger partial charge on any atom is -0.379 e. The van der Waals surface area contributed by atoms with Gasteiger partial charge in [-0.1, -0.05) is 18.2 Å². The molecule has 1 aromatic carbocycles. The molecule has 2 aromatic rings. The Labute approximate surface area is 112 Å². The summed E-state index contributed by atoms with van der Waals surface area (Å²) >= 11 is 0. The number of hydrogen-bond donors (Lipinski definition) is 2. The molecule has 1 amide bonds. The number of hydrogen-bond acceptors (Lipinski definition) is 3. The number of nitrogens with one attached hydrogen (secondary N) is 2. The number of aromatic nitrogens is 2. The number of nitrogens with zero attached hydrogens (tertiary/aromatic N) is 2. The molecule has 0 unspecified atom stereocenters. The van der Waals surface area contributed by atoms with Gasteiger partial charge in [-0.05, 0) is 17.7 Å². The van der Waals surface area contributed by atoms with Gasteiger partial charge in [0.2, 0.25) is 5.91 Å². The van der Waals surface area contributed by atoms with Crippen molar-refractivity contribution < 1.29 is 4.79 Å². The summed E-state index contributed by atoms with van der Waals surface area (Å²) < 4.78 is 1.83. The fourth-order valence-corrected chi connectivity index (χ4v) is 1.87. The third kappa shape index (κ3) is 3.34. The van der Waals surface area contributed by atoms with Crippen molar-refractivity contribution in [1.82, 2.24) is 15.1 Å². The Bertz CT molecular complexity index is 562. The predicted octanol–water partition coefficient (Wildman–Crippen LogP) is 1.32. The lowest BCUT2D eigenvalue weighted by Crippen LogP contribution is -2.20. The second-order valence-electron chi connectivity index (χ2n) is 4.31. The highest BCUT2D eigenvalue weighted by Crippen LogP contribution is 2.16. The molecule has 5 heteroatoms. The molecule has 0 aliphatic heterocycles. The van der Waals surface area contributed by atoms with E-state index in [2.05, 4.69) is 15.7 Å². The first kappa shape index (κ1) is 13.1. The number of para-hydroxylation sites is 1. The number of likely N-dealkylation sites (N-methyl/N-ethyl adjacent to an activating group) is 1. The van der Waals surface area contributed by atoms with Crippen LogP contribution in [0, 0.1) is 0 Å². The van der Waals surface area contributed by atoms with E-state index in [0.717, 1.165) is 16.9 Å². The van der Waals surface area contributed by atoms with Crippen LogP contribution in [0.5, 0.6) is 0 Å². The van der Waals surface area contributed by atoms with Crippen LogP contribution in [0.25, 0.3) is 0 Å². The lowest BCUT2D eigenvalue weighted by molar-refractivity contribution is -0.119. The molecule has 0 aliphatic carbocycles. The largest absolute Gasteiger partial charge is 0.379 e. The first-order valence-corrected chi connectivity index (χ1v) is 6.20. The van der Waals surface area contributed by atoms with Crippen molar-refractivity contribution in [2.24, 2.45) is 7.05 Å². The van der Waals surface area contributed by atoms with E-state index < -0.39 is 0 Å². The van der Waals surface area contributed by atoms with Crippen LogP contribution in [-0.4, -0.2) is 22.7 Å². The number of carbonyl (C=O) groups excluding carboxylic acids is 1. The minimum atomic E-state index is 0.00906. The fraction of sp³-hybridized carbons (Fsp3) is 0.286. The van der Waals surface area contributed by atoms with Gasteiger partial charge in [0.15, 0.2) is 0 Å². The van der Waals surface area contributed by atoms with Crippen molar-refractivity contribution in [2.75, 3.05) is 12.4 Å². The third-order valence-corrected chi connectivity index (χ3v) is 3.03. The van der Waals surface area contributed by atoms with Crippen LogP contribution in [0.2, 0.25) is 0 Å². The zero-order chi connectivity index (χ0) is 13.7. The Balaban J connectivity index is 2.07. The monoisotopic (exact) mass is 258 g/mol. The average molecular weight is 258 g/mol. The average Bonchev–Trinajstić information content (AvgIpc) is 2.83. The number of anilines is 1. The number of carbonyl (C=O) groups is 1. The molecule has 0 saturated heterocycles. The molecule has 0 atom stereocenters. The van der Waals surface area contributed by atoms with E-state index in [9.17, 15) is 4.79 Å². The highest BCUT2D eigenvalue weighted by molar-refractivity contribution is 5.80. The van der Waals surface area contributed by atoms with Crippen LogP contribution in [0.4, 0.5) is 5.69 Å². The van der Waals surface area contributed by atoms with Crippen LogP contribution in [0.1, 0.15) is 11.3 Å². The lowest BCUT2D eigenvalue weighted by Gasteiger charge is -2.11. The molecule has 0 bridgehead atoms. The maximum Gasteiger partial charge on any atom is 0.224 e. The fourth-order valence-electron chi connectivity index (χ4n) is 1.87. The van der Waals surface area contributed by atoms with Gasteiger partial charge in [0.25, 0.3) is 0 Å². The van der Waals surface area contributed by atoms with E-state index in [-0.39, 0.29) is 5.91 Å². The van der Waals surface area contributed by atoms with Gasteiger partial charge in [0.1, 0.15) is 0 Å². The Hall–Kier alpha value is -2.30. The molecule has 2 N–H and O–H groups in total. The van der Waals surface area contributed by atoms with Gasteiger partial charge < -0.3 is 10.6 Å². The van der Waals surface area contributed by atoms with Crippen molar-refractivity contribution >= 4 is 11.6 Å². The van der Waals surface area contributed by atoms with Crippen LogP contribution in [0.15, 0.2) is 36.5 Å². The molecule has 0 aliphatic rings. The number of aryl methyl sites for hydroxylation is 1. The van der Waals surface area contributed by atoms with Crippen molar-refractivity contribution in [3.05, 3.63) is 47.8 Å². The van der Waals surface area contributed by atoms with Gasteiger partial charge in [0, 0.05) is 26.0 Å². The summed E-state index contributed by atoms with van der Waals surface area (Å²) in [5.41, 5.74) is 3.06. The molecule has 2 rings (SSSR count). The van der Waals surface area contributed by atoms with E-state index in [0.29, 0.717) is 13.0 Å². The second-order valence-corrected chi connectivity index (χ2v) is 4.31. The quantitative estimate of drug-likeness (QED) is 0.850. The summed E-state index contributed by atoms with van der Waals surface area (Å²) in [7, 11) is 3.56. The van der Waals surface area contributed by atoms with Crippen molar-refractivity contribution in [3.63, 3.8) is 0 Å². The predicted molar refractivity (Wildman–Crippen MR) is 74.7 cm³/mol. The summed E-state index contributed by atoms with van der Waals surface area (Å²) in [4.78, 5) is 11.5. The second kappa shape index (κ2) is 6.04. The Kier molecular flexibility index (Phi) is 4.18. The number of rotatable bonds is 5. The van der Waals surface area contributed by atoms with Crippen molar-refractivity contribution in [1.29, 1.82) is 0 Å². The summed E-state index contributed by atoms with van der Waals surface area (Å²) in [6.45, 7) is 0.682. The van der Waals surface area contributed by atoms with Gasteiger partial charge >= 0.3 is 0 Å². The topological polar surface area (TPSA) is 59.0 Å². The van der Waals surface area contributed by atoms with Gasteiger partial charge in [-0.25, -0.2) is 0 Å². The molecule has 100 valence electrons. The maximum atomic E-state index is 11.5. The number of benzene rings is 1. The highest BCUT2D eigenvalue weighted by Gasteiger charge is 2.06. The van der Waals surface area contributed by atoms with Gasteiger partial charge in [-0.3, -0.25) is 9.48 Å². The molecule has 5 nitrogen and oxygen atoms in total. The molecule has 0 saturated carbocycles. The van der Waals surface area contributed by atoms with Crippen LogP contribution < -0.4 is 10.6 Å². The van der Waals surface area contributed by atoms with Gasteiger partial charge in [-0.2, -0.15) is 5.10 Å². The zero-order valence-electron chi connectivity index (χ0n) is 11.2. The summed E-state index contributed by atoms with van der Waals surface area (Å²) in [6.07, 6.45) is 2.15.